The Balaban J connectivity index is 1.74. The second-order valence-electron chi connectivity index (χ2n) is 6.04. The number of pyridine rings is 1. The molecule has 1 aromatic carbocycles. The molecule has 1 aromatic heterocycles. The zero-order valence-electron chi connectivity index (χ0n) is 13.4. The van der Waals surface area contributed by atoms with E-state index in [1.54, 1.807) is 6.07 Å². The van der Waals surface area contributed by atoms with Crippen molar-refractivity contribution < 1.29 is 8.42 Å². The summed E-state index contributed by atoms with van der Waals surface area (Å²) in [6.07, 6.45) is 1.97. The van der Waals surface area contributed by atoms with Crippen LogP contribution in [-0.2, 0) is 16.6 Å². The number of nitrogens with zero attached hydrogens (tertiary/aromatic N) is 2. The normalized spacial score (nSPS) is 16.3. The van der Waals surface area contributed by atoms with Crippen LogP contribution in [0.3, 0.4) is 0 Å². The number of hydrogen-bond donors (Lipinski definition) is 2. The van der Waals surface area contributed by atoms with Gasteiger partial charge in [-0.3, -0.25) is 0 Å². The first kappa shape index (κ1) is 16.9. The number of sulfonamides is 1. The summed E-state index contributed by atoms with van der Waals surface area (Å²) < 4.78 is 22.9. The highest BCUT2D eigenvalue weighted by Gasteiger charge is 2.23. The van der Waals surface area contributed by atoms with Crippen LogP contribution >= 0.6 is 0 Å². The van der Waals surface area contributed by atoms with E-state index in [9.17, 15) is 8.42 Å². The van der Waals surface area contributed by atoms with Crippen LogP contribution in [0.5, 0.6) is 0 Å². The lowest BCUT2D eigenvalue weighted by Gasteiger charge is -2.33. The summed E-state index contributed by atoms with van der Waals surface area (Å²) in [6.45, 7) is 2.20. The van der Waals surface area contributed by atoms with Crippen LogP contribution in [0, 0.1) is 0 Å². The van der Waals surface area contributed by atoms with E-state index in [1.165, 1.54) is 17.2 Å². The fourth-order valence-electron chi connectivity index (χ4n) is 3.28. The zero-order chi connectivity index (χ0) is 17.2. The summed E-state index contributed by atoms with van der Waals surface area (Å²) >= 11 is 0. The number of nitrogens with two attached hydrogens (primary N) is 2. The molecule has 4 N–H and O–H groups in total. The van der Waals surface area contributed by atoms with Crippen LogP contribution in [-0.4, -0.2) is 26.5 Å². The molecule has 1 saturated heterocycles. The summed E-state index contributed by atoms with van der Waals surface area (Å²) in [4.78, 5) is 6.30. The summed E-state index contributed by atoms with van der Waals surface area (Å²) in [5.74, 6) is 1.13. The van der Waals surface area contributed by atoms with Crippen molar-refractivity contribution >= 4 is 15.8 Å². The van der Waals surface area contributed by atoms with Crippen molar-refractivity contribution in [2.75, 3.05) is 18.0 Å². The van der Waals surface area contributed by atoms with Crippen molar-refractivity contribution in [3.63, 3.8) is 0 Å². The third-order valence-electron chi connectivity index (χ3n) is 4.53. The van der Waals surface area contributed by atoms with Gasteiger partial charge in [0.25, 0.3) is 10.0 Å². The van der Waals surface area contributed by atoms with Crippen LogP contribution in [0.4, 0.5) is 5.82 Å². The quantitative estimate of drug-likeness (QED) is 0.875. The van der Waals surface area contributed by atoms with Gasteiger partial charge >= 0.3 is 0 Å². The molecule has 1 aliphatic heterocycles. The van der Waals surface area contributed by atoms with E-state index >= 15 is 0 Å². The molecule has 2 aromatic rings. The van der Waals surface area contributed by atoms with Gasteiger partial charge in [-0.15, -0.1) is 0 Å². The van der Waals surface area contributed by atoms with Crippen LogP contribution < -0.4 is 15.8 Å². The minimum atomic E-state index is -3.78. The van der Waals surface area contributed by atoms with Crippen molar-refractivity contribution in [2.24, 2.45) is 10.9 Å². The Morgan fingerprint density at radius 2 is 1.79 bits per heavy atom. The second kappa shape index (κ2) is 6.88. The average molecular weight is 346 g/mol. The van der Waals surface area contributed by atoms with E-state index in [4.69, 9.17) is 10.9 Å². The molecule has 0 amide bonds. The highest BCUT2D eigenvalue weighted by atomic mass is 32.2. The van der Waals surface area contributed by atoms with E-state index in [0.29, 0.717) is 18.3 Å². The first-order chi connectivity index (χ1) is 11.5. The van der Waals surface area contributed by atoms with Crippen molar-refractivity contribution in [1.82, 2.24) is 4.98 Å². The highest BCUT2D eigenvalue weighted by molar-refractivity contribution is 7.89. The maximum absolute atomic E-state index is 11.5. The molecule has 2 heterocycles. The van der Waals surface area contributed by atoms with Crippen molar-refractivity contribution in [3.05, 3.63) is 53.6 Å². The Labute approximate surface area is 142 Å². The number of primary sulfonamides is 1. The van der Waals surface area contributed by atoms with Gasteiger partial charge in [0.05, 0.1) is 0 Å². The molecule has 0 unspecified atom stereocenters. The second-order valence-corrected chi connectivity index (χ2v) is 7.55. The van der Waals surface area contributed by atoms with E-state index in [0.717, 1.165) is 25.9 Å². The molecule has 0 saturated carbocycles. The number of piperidine rings is 1. The highest BCUT2D eigenvalue weighted by Crippen LogP contribution is 2.31. The lowest BCUT2D eigenvalue weighted by atomic mass is 9.86. The smallest absolute Gasteiger partial charge is 0.255 e. The fourth-order valence-corrected chi connectivity index (χ4v) is 3.77. The predicted molar refractivity (Wildman–Crippen MR) is 94.1 cm³/mol. The SMILES string of the molecule is NCc1ccccc1C1CCN(c2cccc(S(N)(=O)=O)n2)CC1. The maximum Gasteiger partial charge on any atom is 0.255 e. The van der Waals surface area contributed by atoms with E-state index in [1.807, 2.05) is 12.1 Å². The lowest BCUT2D eigenvalue weighted by molar-refractivity contribution is 0.499. The molecular formula is C17H22N4O2S. The third-order valence-corrected chi connectivity index (χ3v) is 5.34. The van der Waals surface area contributed by atoms with Crippen LogP contribution in [0.1, 0.15) is 29.9 Å². The maximum atomic E-state index is 11.5. The van der Waals surface area contributed by atoms with Gasteiger partial charge in [0.15, 0.2) is 5.03 Å². The van der Waals surface area contributed by atoms with Gasteiger partial charge in [0.2, 0.25) is 0 Å². The molecule has 3 rings (SSSR count). The summed E-state index contributed by atoms with van der Waals surface area (Å²) in [7, 11) is -3.78. The number of benzene rings is 1. The molecule has 0 radical (unpaired) electrons. The minimum absolute atomic E-state index is 0.0874. The zero-order valence-corrected chi connectivity index (χ0v) is 14.2. The van der Waals surface area contributed by atoms with E-state index < -0.39 is 10.0 Å². The molecule has 0 bridgehead atoms. The standard InChI is InChI=1S/C17H22N4O2S/c18-12-14-4-1-2-5-15(14)13-8-10-21(11-9-13)16-6-3-7-17(20-16)24(19,22)23/h1-7,13H,8-12,18H2,(H2,19,22,23). The van der Waals surface area contributed by atoms with Crippen LogP contribution in [0.25, 0.3) is 0 Å². The van der Waals surface area contributed by atoms with E-state index in [2.05, 4.69) is 28.1 Å². The summed E-state index contributed by atoms with van der Waals surface area (Å²) in [5.41, 5.74) is 8.37. The Kier molecular flexibility index (Phi) is 4.84. The van der Waals surface area contributed by atoms with Gasteiger partial charge in [-0.05, 0) is 42.0 Å². The van der Waals surface area contributed by atoms with Gasteiger partial charge in [-0.1, -0.05) is 30.3 Å². The Bertz CT molecular complexity index is 815. The molecular weight excluding hydrogens is 324 g/mol. The van der Waals surface area contributed by atoms with Crippen LogP contribution in [0.15, 0.2) is 47.5 Å². The topological polar surface area (TPSA) is 102 Å². The lowest BCUT2D eigenvalue weighted by Crippen LogP contribution is -2.34. The minimum Gasteiger partial charge on any atom is -0.357 e. The number of rotatable bonds is 4. The van der Waals surface area contributed by atoms with Crippen molar-refractivity contribution in [3.8, 4) is 0 Å². The van der Waals surface area contributed by atoms with Gasteiger partial charge in [-0.25, -0.2) is 18.5 Å². The van der Waals surface area contributed by atoms with Crippen LogP contribution in [0.2, 0.25) is 0 Å². The van der Waals surface area contributed by atoms with Gasteiger partial charge in [0, 0.05) is 19.6 Å². The number of hydrogen-bond acceptors (Lipinski definition) is 5. The fraction of sp³-hybridized carbons (Fsp3) is 0.353. The molecule has 24 heavy (non-hydrogen) atoms. The van der Waals surface area contributed by atoms with Gasteiger partial charge < -0.3 is 10.6 Å². The van der Waals surface area contributed by atoms with Gasteiger partial charge in [-0.2, -0.15) is 0 Å². The number of aromatic nitrogens is 1. The summed E-state index contributed by atoms with van der Waals surface area (Å²) in [6, 6.07) is 13.2. The molecule has 0 atom stereocenters. The Morgan fingerprint density at radius 3 is 2.46 bits per heavy atom. The Morgan fingerprint density at radius 1 is 1.08 bits per heavy atom. The average Bonchev–Trinajstić information content (AvgIpc) is 2.61. The number of anilines is 1. The largest absolute Gasteiger partial charge is 0.357 e. The first-order valence-corrected chi connectivity index (χ1v) is 9.56. The van der Waals surface area contributed by atoms with E-state index in [-0.39, 0.29) is 5.03 Å². The molecule has 6 nitrogen and oxygen atoms in total. The molecule has 1 aliphatic rings. The molecule has 0 aliphatic carbocycles. The molecule has 0 spiro atoms. The molecule has 7 heteroatoms. The third kappa shape index (κ3) is 3.58. The first-order valence-electron chi connectivity index (χ1n) is 8.01. The van der Waals surface area contributed by atoms with Crippen molar-refractivity contribution in [2.45, 2.75) is 30.3 Å². The molecule has 128 valence electrons. The van der Waals surface area contributed by atoms with Gasteiger partial charge in [0.1, 0.15) is 5.82 Å². The molecule has 1 fully saturated rings. The predicted octanol–water partition coefficient (Wildman–Crippen LogP) is 1.57. The monoisotopic (exact) mass is 346 g/mol. The Hall–Kier alpha value is -1.96. The summed E-state index contributed by atoms with van der Waals surface area (Å²) in [5, 5.41) is 5.08. The van der Waals surface area contributed by atoms with Crippen molar-refractivity contribution in [1.29, 1.82) is 0 Å².